The van der Waals surface area contributed by atoms with E-state index in [9.17, 15) is 0 Å². The van der Waals surface area contributed by atoms with Gasteiger partial charge in [-0.1, -0.05) is 0 Å². The first-order valence-electron chi connectivity index (χ1n) is 5.11. The molecular weight excluding hydrogens is 182 g/mol. The summed E-state index contributed by atoms with van der Waals surface area (Å²) in [6, 6.07) is 0. The molecule has 4 heteroatoms. The zero-order valence-electron chi connectivity index (χ0n) is 9.36. The van der Waals surface area contributed by atoms with Gasteiger partial charge in [0.1, 0.15) is 0 Å². The third-order valence-electron chi connectivity index (χ3n) is 2.73. The first kappa shape index (κ1) is 11.9. The number of ether oxygens (including phenoxy) is 3. The molecule has 0 aromatic heterocycles. The molecule has 1 heterocycles. The van der Waals surface area contributed by atoms with Gasteiger partial charge in [-0.2, -0.15) is 0 Å². The summed E-state index contributed by atoms with van der Waals surface area (Å²) in [4.78, 5) is 2.33. The van der Waals surface area contributed by atoms with E-state index in [-0.39, 0.29) is 6.29 Å². The minimum Gasteiger partial charge on any atom is -0.380 e. The van der Waals surface area contributed by atoms with E-state index in [1.807, 2.05) is 0 Å². The Morgan fingerprint density at radius 3 is 2.57 bits per heavy atom. The Balaban J connectivity index is 2.29. The molecule has 1 unspecified atom stereocenters. The molecule has 1 rings (SSSR count). The first-order valence-corrected chi connectivity index (χ1v) is 5.11. The topological polar surface area (TPSA) is 30.9 Å². The van der Waals surface area contributed by atoms with Crippen LogP contribution in [0.2, 0.25) is 0 Å². The van der Waals surface area contributed by atoms with Gasteiger partial charge in [0.15, 0.2) is 6.29 Å². The second-order valence-corrected chi connectivity index (χ2v) is 3.66. The predicted molar refractivity (Wildman–Crippen MR) is 54.3 cm³/mol. The highest BCUT2D eigenvalue weighted by Crippen LogP contribution is 2.13. The van der Waals surface area contributed by atoms with Crippen LogP contribution in [0.15, 0.2) is 0 Å². The molecule has 1 saturated heterocycles. The van der Waals surface area contributed by atoms with Crippen LogP contribution in [-0.4, -0.2) is 58.3 Å². The van der Waals surface area contributed by atoms with Crippen molar-refractivity contribution in [3.63, 3.8) is 0 Å². The quantitative estimate of drug-likeness (QED) is 0.616. The van der Waals surface area contributed by atoms with Gasteiger partial charge in [0.05, 0.1) is 6.10 Å². The zero-order valence-corrected chi connectivity index (χ0v) is 9.36. The highest BCUT2D eigenvalue weighted by atomic mass is 16.7. The summed E-state index contributed by atoms with van der Waals surface area (Å²) < 4.78 is 15.7. The lowest BCUT2D eigenvalue weighted by molar-refractivity contribution is -0.122. The van der Waals surface area contributed by atoms with E-state index in [1.165, 1.54) is 6.42 Å². The fraction of sp³-hybridized carbons (Fsp3) is 1.00. The van der Waals surface area contributed by atoms with Crippen LogP contribution in [0.3, 0.4) is 0 Å². The maximum absolute atomic E-state index is 5.35. The molecule has 0 amide bonds. The van der Waals surface area contributed by atoms with Crippen molar-refractivity contribution in [3.05, 3.63) is 0 Å². The normalized spacial score (nSPS) is 24.4. The molecule has 0 bridgehead atoms. The number of piperidine rings is 1. The van der Waals surface area contributed by atoms with Crippen LogP contribution in [0.1, 0.15) is 12.8 Å². The van der Waals surface area contributed by atoms with Crippen LogP contribution in [0, 0.1) is 0 Å². The lowest BCUT2D eigenvalue weighted by Gasteiger charge is -2.33. The average molecular weight is 203 g/mol. The highest BCUT2D eigenvalue weighted by Gasteiger charge is 2.21. The fourth-order valence-corrected chi connectivity index (χ4v) is 1.83. The molecule has 14 heavy (non-hydrogen) atoms. The van der Waals surface area contributed by atoms with Crippen molar-refractivity contribution in [2.45, 2.75) is 25.2 Å². The molecule has 1 aliphatic rings. The summed E-state index contributed by atoms with van der Waals surface area (Å²) in [7, 11) is 5.12. The van der Waals surface area contributed by atoms with Crippen LogP contribution in [0.4, 0.5) is 0 Å². The monoisotopic (exact) mass is 203 g/mol. The molecule has 4 nitrogen and oxygen atoms in total. The number of hydrogen-bond acceptors (Lipinski definition) is 4. The molecule has 0 N–H and O–H groups in total. The van der Waals surface area contributed by atoms with Gasteiger partial charge < -0.3 is 14.2 Å². The molecule has 1 atom stereocenters. The highest BCUT2D eigenvalue weighted by molar-refractivity contribution is 4.73. The molecule has 1 aliphatic heterocycles. The lowest BCUT2D eigenvalue weighted by atomic mass is 10.1. The van der Waals surface area contributed by atoms with Crippen LogP contribution in [0.5, 0.6) is 0 Å². The van der Waals surface area contributed by atoms with E-state index in [0.717, 1.165) is 26.1 Å². The van der Waals surface area contributed by atoms with E-state index in [1.54, 1.807) is 21.3 Å². The lowest BCUT2D eigenvalue weighted by Crippen LogP contribution is -2.43. The standard InChI is InChI=1S/C10H21NO3/c1-12-9-5-4-6-11(7-9)8-10(13-2)14-3/h9-10H,4-8H2,1-3H3. The fourth-order valence-electron chi connectivity index (χ4n) is 1.83. The van der Waals surface area contributed by atoms with E-state index < -0.39 is 0 Å². The maximum Gasteiger partial charge on any atom is 0.169 e. The van der Waals surface area contributed by atoms with Gasteiger partial charge in [0.25, 0.3) is 0 Å². The Bertz CT molecular complexity index is 150. The molecule has 0 radical (unpaired) electrons. The van der Waals surface area contributed by atoms with Crippen molar-refractivity contribution in [1.29, 1.82) is 0 Å². The van der Waals surface area contributed by atoms with Crippen LogP contribution >= 0.6 is 0 Å². The van der Waals surface area contributed by atoms with Gasteiger partial charge in [0, 0.05) is 34.4 Å². The molecule has 0 aromatic carbocycles. The third kappa shape index (κ3) is 3.53. The zero-order chi connectivity index (χ0) is 10.4. The number of hydrogen-bond donors (Lipinski definition) is 0. The Morgan fingerprint density at radius 1 is 1.29 bits per heavy atom. The van der Waals surface area contributed by atoms with Crippen molar-refractivity contribution in [2.75, 3.05) is 41.0 Å². The SMILES string of the molecule is COC1CCCN(CC(OC)OC)C1. The minimum absolute atomic E-state index is 0.120. The van der Waals surface area contributed by atoms with Crippen molar-refractivity contribution < 1.29 is 14.2 Å². The van der Waals surface area contributed by atoms with Crippen molar-refractivity contribution in [3.8, 4) is 0 Å². The Morgan fingerprint density at radius 2 is 2.00 bits per heavy atom. The molecule has 0 aromatic rings. The number of nitrogens with zero attached hydrogens (tertiary/aromatic N) is 1. The second kappa shape index (κ2) is 6.35. The second-order valence-electron chi connectivity index (χ2n) is 3.66. The number of likely N-dealkylation sites (tertiary alicyclic amines) is 1. The summed E-state index contributed by atoms with van der Waals surface area (Å²) >= 11 is 0. The average Bonchev–Trinajstić information content (AvgIpc) is 2.26. The number of methoxy groups -OCH3 is 3. The Labute approximate surface area is 86.1 Å². The van der Waals surface area contributed by atoms with Crippen molar-refractivity contribution >= 4 is 0 Å². The molecule has 0 spiro atoms. The van der Waals surface area contributed by atoms with Gasteiger partial charge in [-0.25, -0.2) is 0 Å². The third-order valence-corrected chi connectivity index (χ3v) is 2.73. The summed E-state index contributed by atoms with van der Waals surface area (Å²) in [6.07, 6.45) is 2.61. The van der Waals surface area contributed by atoms with Crippen molar-refractivity contribution in [1.82, 2.24) is 4.90 Å². The molecule has 1 fully saturated rings. The van der Waals surface area contributed by atoms with Gasteiger partial charge >= 0.3 is 0 Å². The Kier molecular flexibility index (Phi) is 5.40. The van der Waals surface area contributed by atoms with E-state index >= 15 is 0 Å². The largest absolute Gasteiger partial charge is 0.380 e. The van der Waals surface area contributed by atoms with Gasteiger partial charge in [-0.3, -0.25) is 4.90 Å². The maximum atomic E-state index is 5.35. The predicted octanol–water partition coefficient (Wildman–Crippen LogP) is 0.716. The first-order chi connectivity index (χ1) is 6.80. The molecule has 0 aliphatic carbocycles. The van der Waals surface area contributed by atoms with Gasteiger partial charge in [0.2, 0.25) is 0 Å². The summed E-state index contributed by atoms with van der Waals surface area (Å²) in [5, 5.41) is 0. The Hall–Kier alpha value is -0.160. The molecule has 0 saturated carbocycles. The molecule has 84 valence electrons. The van der Waals surface area contributed by atoms with E-state index in [0.29, 0.717) is 6.10 Å². The summed E-state index contributed by atoms with van der Waals surface area (Å²) in [5.41, 5.74) is 0. The summed E-state index contributed by atoms with van der Waals surface area (Å²) in [5.74, 6) is 0. The molecular formula is C10H21NO3. The summed E-state index contributed by atoms with van der Waals surface area (Å²) in [6.45, 7) is 2.93. The van der Waals surface area contributed by atoms with E-state index in [4.69, 9.17) is 14.2 Å². The number of rotatable bonds is 5. The van der Waals surface area contributed by atoms with Gasteiger partial charge in [-0.05, 0) is 19.4 Å². The van der Waals surface area contributed by atoms with Crippen LogP contribution in [-0.2, 0) is 14.2 Å². The van der Waals surface area contributed by atoms with Crippen molar-refractivity contribution in [2.24, 2.45) is 0 Å². The van der Waals surface area contributed by atoms with Crippen LogP contribution in [0.25, 0.3) is 0 Å². The smallest absolute Gasteiger partial charge is 0.169 e. The van der Waals surface area contributed by atoms with E-state index in [2.05, 4.69) is 4.90 Å². The minimum atomic E-state index is -0.120. The van der Waals surface area contributed by atoms with Crippen LogP contribution < -0.4 is 0 Å². The van der Waals surface area contributed by atoms with Gasteiger partial charge in [-0.15, -0.1) is 0 Å².